The van der Waals surface area contributed by atoms with Crippen LogP contribution in [0.3, 0.4) is 0 Å². The number of nitrogens with zero attached hydrogens (tertiary/aromatic N) is 5. The Bertz CT molecular complexity index is 1400. The third-order valence-corrected chi connectivity index (χ3v) is 6.82. The van der Waals surface area contributed by atoms with Crippen molar-refractivity contribution < 1.29 is 9.18 Å². The van der Waals surface area contributed by atoms with Gasteiger partial charge in [0.15, 0.2) is 5.01 Å². The minimum Gasteiger partial charge on any atom is -0.336 e. The van der Waals surface area contributed by atoms with Crippen molar-refractivity contribution in [2.45, 2.75) is 6.54 Å². The Labute approximate surface area is 197 Å². The fourth-order valence-electron chi connectivity index (χ4n) is 3.82. The summed E-state index contributed by atoms with van der Waals surface area (Å²) in [5.41, 5.74) is 1.16. The lowest BCUT2D eigenvalue weighted by Gasteiger charge is -2.34. The molecule has 1 aliphatic heterocycles. The molecule has 7 nitrogen and oxygen atoms in total. The molecule has 1 saturated heterocycles. The summed E-state index contributed by atoms with van der Waals surface area (Å²) in [4.78, 5) is 34.3. The van der Waals surface area contributed by atoms with Gasteiger partial charge >= 0.3 is 0 Å². The Morgan fingerprint density at radius 1 is 1.06 bits per heavy atom. The van der Waals surface area contributed by atoms with Crippen molar-refractivity contribution in [3.05, 3.63) is 87.0 Å². The molecule has 5 rings (SSSR count). The minimum atomic E-state index is -0.394. The number of amides is 1. The number of carbonyl (C=O) groups is 1. The molecule has 1 aliphatic rings. The zero-order valence-corrected chi connectivity index (χ0v) is 19.0. The molecule has 1 amide bonds. The van der Waals surface area contributed by atoms with E-state index in [9.17, 15) is 14.0 Å². The second-order valence-corrected chi connectivity index (χ2v) is 9.08. The van der Waals surface area contributed by atoms with E-state index in [0.717, 1.165) is 0 Å². The van der Waals surface area contributed by atoms with Crippen molar-refractivity contribution in [1.82, 2.24) is 24.4 Å². The van der Waals surface area contributed by atoms with Crippen molar-refractivity contribution in [3.63, 3.8) is 0 Å². The van der Waals surface area contributed by atoms with Gasteiger partial charge in [-0.3, -0.25) is 14.5 Å². The molecule has 33 heavy (non-hydrogen) atoms. The number of halogens is 2. The second kappa shape index (κ2) is 9.01. The first-order valence-corrected chi connectivity index (χ1v) is 11.6. The number of benzene rings is 2. The standard InChI is InChI=1S/C23H19ClFN5O2S/c24-18-7-3-1-5-16(18)22(32)29-11-9-28(10-12-29)14-15-13-20(31)30-23(26-15)33-21(27-30)17-6-2-4-8-19(17)25/h1-8,13H,9-12,14H2. The van der Waals surface area contributed by atoms with Gasteiger partial charge in [-0.2, -0.15) is 9.61 Å². The summed E-state index contributed by atoms with van der Waals surface area (Å²) < 4.78 is 15.3. The highest BCUT2D eigenvalue weighted by Crippen LogP contribution is 2.26. The summed E-state index contributed by atoms with van der Waals surface area (Å²) in [6.45, 7) is 2.90. The van der Waals surface area contributed by atoms with Gasteiger partial charge in [0.2, 0.25) is 4.96 Å². The first-order chi connectivity index (χ1) is 16.0. The van der Waals surface area contributed by atoms with Gasteiger partial charge in [-0.05, 0) is 24.3 Å². The van der Waals surface area contributed by atoms with Crippen LogP contribution in [0.2, 0.25) is 5.02 Å². The maximum atomic E-state index is 14.1. The first-order valence-electron chi connectivity index (χ1n) is 10.4. The van der Waals surface area contributed by atoms with E-state index in [0.29, 0.717) is 64.5 Å². The highest BCUT2D eigenvalue weighted by atomic mass is 35.5. The Hall–Kier alpha value is -3.14. The van der Waals surface area contributed by atoms with Gasteiger partial charge in [0, 0.05) is 44.4 Å². The van der Waals surface area contributed by atoms with Gasteiger partial charge in [0.05, 0.1) is 16.3 Å². The summed E-state index contributed by atoms with van der Waals surface area (Å²) in [5, 5.41) is 5.10. The second-order valence-electron chi connectivity index (χ2n) is 7.72. The van der Waals surface area contributed by atoms with E-state index in [2.05, 4.69) is 15.0 Å². The fraction of sp³-hybridized carbons (Fsp3) is 0.217. The number of rotatable bonds is 4. The molecule has 0 N–H and O–H groups in total. The van der Waals surface area contributed by atoms with Crippen LogP contribution < -0.4 is 5.56 Å². The SMILES string of the molecule is O=C(c1ccccc1Cl)N1CCN(Cc2cc(=O)n3nc(-c4ccccc4F)sc3n2)CC1. The van der Waals surface area contributed by atoms with Gasteiger partial charge in [0.1, 0.15) is 5.82 Å². The Morgan fingerprint density at radius 3 is 2.55 bits per heavy atom. The lowest BCUT2D eigenvalue weighted by atomic mass is 10.1. The monoisotopic (exact) mass is 483 g/mol. The van der Waals surface area contributed by atoms with Crippen molar-refractivity contribution in [1.29, 1.82) is 0 Å². The third kappa shape index (κ3) is 4.39. The molecule has 0 saturated carbocycles. The van der Waals surface area contributed by atoms with Crippen LogP contribution in [-0.2, 0) is 6.54 Å². The van der Waals surface area contributed by atoms with Crippen LogP contribution in [-0.4, -0.2) is 56.5 Å². The highest BCUT2D eigenvalue weighted by Gasteiger charge is 2.24. The van der Waals surface area contributed by atoms with Crippen LogP contribution in [0.25, 0.3) is 15.5 Å². The summed E-state index contributed by atoms with van der Waals surface area (Å²) in [5.74, 6) is -0.475. The van der Waals surface area contributed by atoms with Gasteiger partial charge in [-0.25, -0.2) is 9.37 Å². The number of aromatic nitrogens is 3. The lowest BCUT2D eigenvalue weighted by Crippen LogP contribution is -2.48. The quantitative estimate of drug-likeness (QED) is 0.444. The van der Waals surface area contributed by atoms with E-state index in [1.54, 1.807) is 47.4 Å². The van der Waals surface area contributed by atoms with E-state index in [4.69, 9.17) is 11.6 Å². The predicted molar refractivity (Wildman–Crippen MR) is 125 cm³/mol. The molecule has 10 heteroatoms. The lowest BCUT2D eigenvalue weighted by molar-refractivity contribution is 0.0627. The third-order valence-electron chi connectivity index (χ3n) is 5.55. The molecule has 2 aromatic heterocycles. The van der Waals surface area contributed by atoms with Crippen molar-refractivity contribution in [2.75, 3.05) is 26.2 Å². The van der Waals surface area contributed by atoms with Crippen LogP contribution in [0, 0.1) is 5.82 Å². The number of carbonyl (C=O) groups excluding carboxylic acids is 1. The van der Waals surface area contributed by atoms with Gasteiger partial charge in [-0.15, -0.1) is 0 Å². The molecular weight excluding hydrogens is 465 g/mol. The summed E-state index contributed by atoms with van der Waals surface area (Å²) in [6, 6.07) is 14.8. The molecule has 0 unspecified atom stereocenters. The zero-order chi connectivity index (χ0) is 22.9. The average molecular weight is 484 g/mol. The maximum Gasteiger partial charge on any atom is 0.275 e. The molecule has 0 spiro atoms. The maximum absolute atomic E-state index is 14.1. The van der Waals surface area contributed by atoms with E-state index in [1.807, 2.05) is 0 Å². The van der Waals surface area contributed by atoms with E-state index in [1.165, 1.54) is 28.0 Å². The van der Waals surface area contributed by atoms with Gasteiger partial charge < -0.3 is 4.90 Å². The topological polar surface area (TPSA) is 70.8 Å². The molecule has 168 valence electrons. The summed E-state index contributed by atoms with van der Waals surface area (Å²) in [6.07, 6.45) is 0. The molecule has 0 radical (unpaired) electrons. The molecule has 0 bridgehead atoms. The molecule has 4 aromatic rings. The fourth-order valence-corrected chi connectivity index (χ4v) is 4.99. The Morgan fingerprint density at radius 2 is 1.79 bits per heavy atom. The molecule has 0 aliphatic carbocycles. The molecule has 1 fully saturated rings. The molecule has 2 aromatic carbocycles. The highest BCUT2D eigenvalue weighted by molar-refractivity contribution is 7.19. The summed E-state index contributed by atoms with van der Waals surface area (Å²) >= 11 is 7.34. The van der Waals surface area contributed by atoms with Crippen LogP contribution in [0.5, 0.6) is 0 Å². The number of fused-ring (bicyclic) bond motifs is 1. The average Bonchev–Trinajstić information content (AvgIpc) is 3.24. The van der Waals surface area contributed by atoms with Gasteiger partial charge in [0.25, 0.3) is 11.5 Å². The largest absolute Gasteiger partial charge is 0.336 e. The zero-order valence-electron chi connectivity index (χ0n) is 17.4. The van der Waals surface area contributed by atoms with E-state index in [-0.39, 0.29) is 11.5 Å². The minimum absolute atomic E-state index is 0.0802. The van der Waals surface area contributed by atoms with E-state index >= 15 is 0 Å². The number of piperazine rings is 1. The molecular formula is C23H19ClFN5O2S. The van der Waals surface area contributed by atoms with E-state index < -0.39 is 5.82 Å². The predicted octanol–water partition coefficient (Wildman–Crippen LogP) is 3.57. The van der Waals surface area contributed by atoms with Crippen LogP contribution in [0.4, 0.5) is 4.39 Å². The van der Waals surface area contributed by atoms with Crippen LogP contribution in [0.15, 0.2) is 59.4 Å². The van der Waals surface area contributed by atoms with Crippen LogP contribution in [0.1, 0.15) is 16.1 Å². The number of hydrogen-bond acceptors (Lipinski definition) is 6. The molecule has 3 heterocycles. The Kier molecular flexibility index (Phi) is 5.92. The first kappa shape index (κ1) is 21.7. The van der Waals surface area contributed by atoms with Crippen molar-refractivity contribution >= 4 is 33.8 Å². The normalized spacial score (nSPS) is 14.7. The van der Waals surface area contributed by atoms with Crippen molar-refractivity contribution in [3.8, 4) is 10.6 Å². The Balaban J connectivity index is 1.29. The summed E-state index contributed by atoms with van der Waals surface area (Å²) in [7, 11) is 0. The van der Waals surface area contributed by atoms with Crippen molar-refractivity contribution in [2.24, 2.45) is 0 Å². The molecule has 0 atom stereocenters. The van der Waals surface area contributed by atoms with Gasteiger partial charge in [-0.1, -0.05) is 47.2 Å². The van der Waals surface area contributed by atoms with Crippen LogP contribution >= 0.6 is 22.9 Å². The smallest absolute Gasteiger partial charge is 0.275 e. The number of hydrogen-bond donors (Lipinski definition) is 0.